The molecule has 2 aromatic carbocycles. The first kappa shape index (κ1) is 21.3. The molecule has 1 amide bonds. The molecule has 0 radical (unpaired) electrons. The zero-order valence-electron chi connectivity index (χ0n) is 16.2. The minimum Gasteiger partial charge on any atom is -0.325 e. The summed E-state index contributed by atoms with van der Waals surface area (Å²) >= 11 is 1.57. The van der Waals surface area contributed by atoms with Crippen molar-refractivity contribution in [1.82, 2.24) is 0 Å². The smallest absolute Gasteiger partial charge is 0.232 e. The summed E-state index contributed by atoms with van der Waals surface area (Å²) in [7, 11) is -3.42. The van der Waals surface area contributed by atoms with Crippen LogP contribution in [0.15, 0.2) is 47.4 Å². The van der Waals surface area contributed by atoms with Crippen molar-refractivity contribution in [3.63, 3.8) is 0 Å². The lowest BCUT2D eigenvalue weighted by Crippen LogP contribution is -2.31. The van der Waals surface area contributed by atoms with Crippen LogP contribution in [0.25, 0.3) is 0 Å². The third-order valence-corrected chi connectivity index (χ3v) is 6.31. The van der Waals surface area contributed by atoms with Crippen LogP contribution in [0.4, 0.5) is 11.4 Å². The second kappa shape index (κ2) is 9.28. The van der Waals surface area contributed by atoms with E-state index in [0.717, 1.165) is 21.7 Å². The maximum atomic E-state index is 12.3. The van der Waals surface area contributed by atoms with Gasteiger partial charge in [0.25, 0.3) is 0 Å². The van der Waals surface area contributed by atoms with Gasteiger partial charge in [0.1, 0.15) is 0 Å². The monoisotopic (exact) mass is 406 g/mol. The summed E-state index contributed by atoms with van der Waals surface area (Å²) in [5.41, 5.74) is 3.56. The quantitative estimate of drug-likeness (QED) is 0.667. The first-order chi connectivity index (χ1) is 12.7. The molecule has 0 saturated heterocycles. The number of thioether (sulfide) groups is 1. The Balaban J connectivity index is 2.01. The van der Waals surface area contributed by atoms with Crippen LogP contribution in [-0.4, -0.2) is 33.4 Å². The number of hydrogen-bond acceptors (Lipinski definition) is 4. The molecule has 27 heavy (non-hydrogen) atoms. The fraction of sp³-hybridized carbons (Fsp3) is 0.350. The highest BCUT2D eigenvalue weighted by Crippen LogP contribution is 2.25. The first-order valence-corrected chi connectivity index (χ1v) is 11.8. The number of sulfonamides is 1. The molecule has 0 atom stereocenters. The molecule has 0 spiro atoms. The van der Waals surface area contributed by atoms with Crippen molar-refractivity contribution < 1.29 is 13.2 Å². The number of hydrogen-bond donors (Lipinski definition) is 1. The number of anilines is 2. The normalized spacial score (nSPS) is 11.3. The van der Waals surface area contributed by atoms with E-state index in [1.165, 1.54) is 10.6 Å². The van der Waals surface area contributed by atoms with Gasteiger partial charge in [-0.1, -0.05) is 18.2 Å². The largest absolute Gasteiger partial charge is 0.325 e. The molecule has 0 saturated carbocycles. The number of aryl methyl sites for hydroxylation is 2. The number of nitrogens with zero attached hydrogens (tertiary/aromatic N) is 1. The van der Waals surface area contributed by atoms with Gasteiger partial charge in [0.15, 0.2) is 0 Å². The summed E-state index contributed by atoms with van der Waals surface area (Å²) in [5, 5.41) is 2.90. The minimum atomic E-state index is -3.42. The zero-order chi connectivity index (χ0) is 20.0. The highest BCUT2D eigenvalue weighted by Gasteiger charge is 2.18. The minimum absolute atomic E-state index is 0.120. The topological polar surface area (TPSA) is 66.5 Å². The van der Waals surface area contributed by atoms with Crippen molar-refractivity contribution in [2.45, 2.75) is 31.6 Å². The highest BCUT2D eigenvalue weighted by atomic mass is 32.2. The summed E-state index contributed by atoms with van der Waals surface area (Å²) in [6.07, 6.45) is 3.84. The molecule has 2 aromatic rings. The standard InChI is InChI=1S/C20H26N2O3S2/c1-15-11-12-17(14-16(15)2)22(27(4,24)25)13-7-10-20(23)21-18-8-5-6-9-19(18)26-3/h5-6,8-9,11-12,14H,7,10,13H2,1-4H3,(H,21,23). The van der Waals surface area contributed by atoms with Crippen LogP contribution >= 0.6 is 11.8 Å². The van der Waals surface area contributed by atoms with Crippen LogP contribution in [0.2, 0.25) is 0 Å². The number of para-hydroxylation sites is 1. The molecule has 1 N–H and O–H groups in total. The molecule has 0 fully saturated rings. The van der Waals surface area contributed by atoms with Crippen LogP contribution < -0.4 is 9.62 Å². The van der Waals surface area contributed by atoms with Gasteiger partial charge in [0.2, 0.25) is 15.9 Å². The fourth-order valence-electron chi connectivity index (χ4n) is 2.71. The Hall–Kier alpha value is -1.99. The van der Waals surface area contributed by atoms with Gasteiger partial charge in [0, 0.05) is 17.9 Å². The summed E-state index contributed by atoms with van der Waals surface area (Å²) in [6, 6.07) is 13.2. The number of benzene rings is 2. The van der Waals surface area contributed by atoms with Gasteiger partial charge in [-0.2, -0.15) is 0 Å². The van der Waals surface area contributed by atoms with Crippen molar-refractivity contribution in [3.05, 3.63) is 53.6 Å². The summed E-state index contributed by atoms with van der Waals surface area (Å²) in [6.45, 7) is 4.20. The molecule has 0 aliphatic heterocycles. The van der Waals surface area contributed by atoms with Crippen LogP contribution in [0.1, 0.15) is 24.0 Å². The highest BCUT2D eigenvalue weighted by molar-refractivity contribution is 7.98. The lowest BCUT2D eigenvalue weighted by atomic mass is 10.1. The molecular formula is C20H26N2O3S2. The van der Waals surface area contributed by atoms with Crippen molar-refractivity contribution in [1.29, 1.82) is 0 Å². The predicted molar refractivity (Wildman–Crippen MR) is 114 cm³/mol. The van der Waals surface area contributed by atoms with Crippen LogP contribution in [0, 0.1) is 13.8 Å². The molecule has 7 heteroatoms. The first-order valence-electron chi connectivity index (χ1n) is 8.70. The van der Waals surface area contributed by atoms with Gasteiger partial charge in [-0.3, -0.25) is 9.10 Å². The number of carbonyl (C=O) groups is 1. The number of rotatable bonds is 8. The van der Waals surface area contributed by atoms with Crippen LogP contribution in [0.3, 0.4) is 0 Å². The van der Waals surface area contributed by atoms with E-state index < -0.39 is 10.0 Å². The second-order valence-electron chi connectivity index (χ2n) is 6.46. The van der Waals surface area contributed by atoms with Crippen LogP contribution in [-0.2, 0) is 14.8 Å². The van der Waals surface area contributed by atoms with Gasteiger partial charge < -0.3 is 5.32 Å². The Morgan fingerprint density at radius 1 is 1.11 bits per heavy atom. The van der Waals surface area contributed by atoms with E-state index in [-0.39, 0.29) is 18.9 Å². The van der Waals surface area contributed by atoms with Gasteiger partial charge in [0.05, 0.1) is 17.6 Å². The van der Waals surface area contributed by atoms with E-state index in [9.17, 15) is 13.2 Å². The third kappa shape index (κ3) is 6.01. The van der Waals surface area contributed by atoms with E-state index in [1.54, 1.807) is 17.8 Å². The van der Waals surface area contributed by atoms with Gasteiger partial charge >= 0.3 is 0 Å². The molecule has 0 unspecified atom stereocenters. The lowest BCUT2D eigenvalue weighted by molar-refractivity contribution is -0.116. The van der Waals surface area contributed by atoms with Crippen molar-refractivity contribution >= 4 is 39.1 Å². The molecule has 146 valence electrons. The third-order valence-electron chi connectivity index (χ3n) is 4.32. The predicted octanol–water partition coefficient (Wildman–Crippen LogP) is 4.21. The summed E-state index contributed by atoms with van der Waals surface area (Å²) in [5.74, 6) is -0.120. The second-order valence-corrected chi connectivity index (χ2v) is 9.21. The van der Waals surface area contributed by atoms with Crippen molar-refractivity contribution in [3.8, 4) is 0 Å². The van der Waals surface area contributed by atoms with E-state index in [2.05, 4.69) is 5.32 Å². The lowest BCUT2D eigenvalue weighted by Gasteiger charge is -2.23. The Labute approximate surface area is 166 Å². The van der Waals surface area contributed by atoms with Gasteiger partial charge in [-0.25, -0.2) is 8.42 Å². The van der Waals surface area contributed by atoms with Crippen molar-refractivity contribution in [2.24, 2.45) is 0 Å². The molecular weight excluding hydrogens is 380 g/mol. The zero-order valence-corrected chi connectivity index (χ0v) is 17.8. The molecule has 0 bridgehead atoms. The van der Waals surface area contributed by atoms with E-state index in [0.29, 0.717) is 12.1 Å². The van der Waals surface area contributed by atoms with Crippen LogP contribution in [0.5, 0.6) is 0 Å². The number of nitrogens with one attached hydrogen (secondary N) is 1. The van der Waals surface area contributed by atoms with E-state index in [4.69, 9.17) is 0 Å². The van der Waals surface area contributed by atoms with Gasteiger partial charge in [-0.15, -0.1) is 11.8 Å². The Bertz CT molecular complexity index is 911. The Morgan fingerprint density at radius 3 is 2.44 bits per heavy atom. The number of amides is 1. The summed E-state index contributed by atoms with van der Waals surface area (Å²) in [4.78, 5) is 13.3. The maximum Gasteiger partial charge on any atom is 0.232 e. The SMILES string of the molecule is CSc1ccccc1NC(=O)CCCN(c1ccc(C)c(C)c1)S(C)(=O)=O. The Morgan fingerprint density at radius 2 is 1.81 bits per heavy atom. The fourth-order valence-corrected chi connectivity index (χ4v) is 4.22. The molecule has 0 aliphatic carbocycles. The molecule has 0 aliphatic rings. The van der Waals surface area contributed by atoms with Gasteiger partial charge in [-0.05, 0) is 61.9 Å². The molecule has 0 heterocycles. The molecule has 2 rings (SSSR count). The van der Waals surface area contributed by atoms with E-state index >= 15 is 0 Å². The molecule has 0 aromatic heterocycles. The molecule has 5 nitrogen and oxygen atoms in total. The number of carbonyl (C=O) groups excluding carboxylic acids is 1. The maximum absolute atomic E-state index is 12.3. The average molecular weight is 407 g/mol. The average Bonchev–Trinajstić information content (AvgIpc) is 2.60. The van der Waals surface area contributed by atoms with Crippen molar-refractivity contribution in [2.75, 3.05) is 28.7 Å². The Kier molecular flexibility index (Phi) is 7.33. The summed E-state index contributed by atoms with van der Waals surface area (Å²) < 4.78 is 25.8. The van der Waals surface area contributed by atoms with E-state index in [1.807, 2.05) is 56.5 Å².